The standard InChI is InChI=1S/C14H20ClN3O2/c15-11-9-10(12(17)4-6-14(18)19)3-5-13(11)20-8-2-1-7-16/h3,5,9,17H,1-2,4,6-8,16H2,(H2,18,19). The molecule has 5 N–H and O–H groups in total. The van der Waals surface area contributed by atoms with Gasteiger partial charge in [-0.2, -0.15) is 0 Å². The number of carbonyl (C=O) groups excluding carboxylic acids is 1. The zero-order valence-corrected chi connectivity index (χ0v) is 12.1. The van der Waals surface area contributed by atoms with Crippen molar-refractivity contribution in [3.8, 4) is 5.75 Å². The van der Waals surface area contributed by atoms with Gasteiger partial charge in [0.2, 0.25) is 5.91 Å². The fraction of sp³-hybridized carbons (Fsp3) is 0.429. The summed E-state index contributed by atoms with van der Waals surface area (Å²) in [6.07, 6.45) is 2.26. The number of rotatable bonds is 9. The molecule has 6 heteroatoms. The second-order valence-electron chi connectivity index (χ2n) is 4.43. The molecule has 0 aromatic heterocycles. The smallest absolute Gasteiger partial charge is 0.217 e. The Hall–Kier alpha value is -1.59. The van der Waals surface area contributed by atoms with E-state index in [1.54, 1.807) is 18.2 Å². The van der Waals surface area contributed by atoms with Crippen molar-refractivity contribution in [2.24, 2.45) is 11.5 Å². The van der Waals surface area contributed by atoms with Gasteiger partial charge in [0.05, 0.1) is 11.6 Å². The van der Waals surface area contributed by atoms with Crippen LogP contribution in [0.15, 0.2) is 18.2 Å². The van der Waals surface area contributed by atoms with Gasteiger partial charge in [0.15, 0.2) is 0 Å². The van der Waals surface area contributed by atoms with Crippen molar-refractivity contribution in [2.45, 2.75) is 25.7 Å². The van der Waals surface area contributed by atoms with E-state index >= 15 is 0 Å². The molecule has 1 amide bonds. The number of unbranched alkanes of at least 4 members (excludes halogenated alkanes) is 1. The summed E-state index contributed by atoms with van der Waals surface area (Å²) >= 11 is 6.11. The Bertz CT molecular complexity index is 477. The summed E-state index contributed by atoms with van der Waals surface area (Å²) < 4.78 is 5.54. The molecule has 0 aliphatic rings. The van der Waals surface area contributed by atoms with Crippen LogP contribution in [0.3, 0.4) is 0 Å². The molecule has 0 radical (unpaired) electrons. The van der Waals surface area contributed by atoms with E-state index in [2.05, 4.69) is 0 Å². The average molecular weight is 298 g/mol. The summed E-state index contributed by atoms with van der Waals surface area (Å²) in [5.41, 5.74) is 11.5. The first kappa shape index (κ1) is 16.5. The molecule has 1 aromatic carbocycles. The third-order valence-electron chi connectivity index (χ3n) is 2.76. The van der Waals surface area contributed by atoms with Gasteiger partial charge in [0.25, 0.3) is 0 Å². The van der Waals surface area contributed by atoms with Crippen LogP contribution in [0.4, 0.5) is 0 Å². The maximum Gasteiger partial charge on any atom is 0.217 e. The molecule has 0 aliphatic heterocycles. The van der Waals surface area contributed by atoms with Gasteiger partial charge < -0.3 is 21.6 Å². The molecule has 20 heavy (non-hydrogen) atoms. The summed E-state index contributed by atoms with van der Waals surface area (Å²) in [6, 6.07) is 5.16. The van der Waals surface area contributed by atoms with Crippen LogP contribution in [0.5, 0.6) is 5.75 Å². The first-order chi connectivity index (χ1) is 9.54. The molecule has 0 unspecified atom stereocenters. The van der Waals surface area contributed by atoms with Crippen molar-refractivity contribution >= 4 is 23.2 Å². The van der Waals surface area contributed by atoms with Crippen molar-refractivity contribution in [2.75, 3.05) is 13.2 Å². The highest BCUT2D eigenvalue weighted by Crippen LogP contribution is 2.26. The quantitative estimate of drug-likeness (QED) is 0.480. The number of halogens is 1. The Morgan fingerprint density at radius 1 is 1.30 bits per heavy atom. The van der Waals surface area contributed by atoms with Crippen molar-refractivity contribution in [3.63, 3.8) is 0 Å². The second-order valence-corrected chi connectivity index (χ2v) is 4.84. The molecule has 0 fully saturated rings. The molecule has 0 saturated heterocycles. The number of carbonyl (C=O) groups is 1. The first-order valence-electron chi connectivity index (χ1n) is 6.53. The molecule has 1 rings (SSSR count). The van der Waals surface area contributed by atoms with Crippen LogP contribution in [0.1, 0.15) is 31.2 Å². The monoisotopic (exact) mass is 297 g/mol. The lowest BCUT2D eigenvalue weighted by atomic mass is 10.1. The number of nitrogens with one attached hydrogen (secondary N) is 1. The molecule has 0 spiro atoms. The van der Waals surface area contributed by atoms with E-state index in [4.69, 9.17) is 33.2 Å². The third-order valence-corrected chi connectivity index (χ3v) is 3.05. The predicted molar refractivity (Wildman–Crippen MR) is 80.5 cm³/mol. The largest absolute Gasteiger partial charge is 0.492 e. The zero-order valence-electron chi connectivity index (χ0n) is 11.3. The molecule has 110 valence electrons. The lowest BCUT2D eigenvalue weighted by Gasteiger charge is -2.10. The van der Waals surface area contributed by atoms with Gasteiger partial charge in [-0.1, -0.05) is 11.6 Å². The number of nitrogens with two attached hydrogens (primary N) is 2. The van der Waals surface area contributed by atoms with E-state index in [1.165, 1.54) is 0 Å². The van der Waals surface area contributed by atoms with Crippen LogP contribution in [0.2, 0.25) is 5.02 Å². The summed E-state index contributed by atoms with van der Waals surface area (Å²) in [7, 11) is 0. The van der Waals surface area contributed by atoms with E-state index < -0.39 is 5.91 Å². The third kappa shape index (κ3) is 5.59. The lowest BCUT2D eigenvalue weighted by molar-refractivity contribution is -0.117. The fourth-order valence-corrected chi connectivity index (χ4v) is 1.86. The van der Waals surface area contributed by atoms with Crippen LogP contribution < -0.4 is 16.2 Å². The Labute approximate surface area is 123 Å². The van der Waals surface area contributed by atoms with Gasteiger partial charge in [0, 0.05) is 12.1 Å². The van der Waals surface area contributed by atoms with Crippen LogP contribution in [-0.4, -0.2) is 24.8 Å². The minimum Gasteiger partial charge on any atom is -0.492 e. The average Bonchev–Trinajstić information content (AvgIpc) is 2.42. The van der Waals surface area contributed by atoms with Gasteiger partial charge in [-0.3, -0.25) is 4.79 Å². The maximum absolute atomic E-state index is 10.7. The maximum atomic E-state index is 10.7. The van der Waals surface area contributed by atoms with Crippen molar-refractivity contribution in [1.82, 2.24) is 0 Å². The molecule has 0 saturated carbocycles. The van der Waals surface area contributed by atoms with E-state index in [0.717, 1.165) is 12.8 Å². The van der Waals surface area contributed by atoms with Crippen molar-refractivity contribution < 1.29 is 9.53 Å². The Morgan fingerprint density at radius 3 is 2.65 bits per heavy atom. The summed E-state index contributed by atoms with van der Waals surface area (Å²) in [4.78, 5) is 10.7. The Morgan fingerprint density at radius 2 is 2.05 bits per heavy atom. The highest BCUT2D eigenvalue weighted by Gasteiger charge is 2.08. The van der Waals surface area contributed by atoms with E-state index in [1.807, 2.05) is 0 Å². The molecule has 0 atom stereocenters. The second kappa shape index (κ2) is 8.55. The van der Waals surface area contributed by atoms with Crippen LogP contribution >= 0.6 is 11.6 Å². The molecule has 0 aliphatic carbocycles. The predicted octanol–water partition coefficient (Wildman–Crippen LogP) is 2.09. The van der Waals surface area contributed by atoms with E-state index in [0.29, 0.717) is 41.6 Å². The normalized spacial score (nSPS) is 10.3. The van der Waals surface area contributed by atoms with E-state index in [9.17, 15) is 4.79 Å². The molecule has 1 aromatic rings. The van der Waals surface area contributed by atoms with Gasteiger partial charge in [-0.15, -0.1) is 0 Å². The number of ether oxygens (including phenoxy) is 1. The number of hydrogen-bond donors (Lipinski definition) is 3. The SMILES string of the molecule is N=C(CCC(N)=O)c1ccc(OCCCCN)c(Cl)c1. The Kier molecular flexibility index (Phi) is 7.04. The number of amides is 1. The van der Waals surface area contributed by atoms with Gasteiger partial charge >= 0.3 is 0 Å². The van der Waals surface area contributed by atoms with Crippen molar-refractivity contribution in [1.29, 1.82) is 5.41 Å². The van der Waals surface area contributed by atoms with Gasteiger partial charge in [-0.25, -0.2) is 0 Å². The molecule has 0 bridgehead atoms. The highest BCUT2D eigenvalue weighted by molar-refractivity contribution is 6.32. The van der Waals surface area contributed by atoms with Crippen molar-refractivity contribution in [3.05, 3.63) is 28.8 Å². The molecule has 0 heterocycles. The van der Waals surface area contributed by atoms with Crippen LogP contribution in [0, 0.1) is 5.41 Å². The zero-order chi connectivity index (χ0) is 15.0. The Balaban J connectivity index is 2.58. The fourth-order valence-electron chi connectivity index (χ4n) is 1.63. The van der Waals surface area contributed by atoms with Gasteiger partial charge in [0.1, 0.15) is 5.75 Å². The molecule has 5 nitrogen and oxygen atoms in total. The molecular weight excluding hydrogens is 278 g/mol. The number of primary amides is 1. The highest BCUT2D eigenvalue weighted by atomic mass is 35.5. The summed E-state index contributed by atoms with van der Waals surface area (Å²) in [5, 5.41) is 8.32. The summed E-state index contributed by atoms with van der Waals surface area (Å²) in [5.74, 6) is 0.177. The number of benzene rings is 1. The van der Waals surface area contributed by atoms with Gasteiger partial charge in [-0.05, 0) is 49.6 Å². The first-order valence-corrected chi connectivity index (χ1v) is 6.91. The minimum atomic E-state index is -0.416. The lowest BCUT2D eigenvalue weighted by Crippen LogP contribution is -2.12. The van der Waals surface area contributed by atoms with Crippen LogP contribution in [0.25, 0.3) is 0 Å². The minimum absolute atomic E-state index is 0.161. The van der Waals surface area contributed by atoms with Crippen LogP contribution in [-0.2, 0) is 4.79 Å². The molecular formula is C14H20ClN3O2. The number of hydrogen-bond acceptors (Lipinski definition) is 4. The van der Waals surface area contributed by atoms with E-state index in [-0.39, 0.29) is 6.42 Å². The summed E-state index contributed by atoms with van der Waals surface area (Å²) in [6.45, 7) is 1.21. The topological polar surface area (TPSA) is 102 Å².